The Balaban J connectivity index is 1.70. The third-order valence-electron chi connectivity index (χ3n) is 3.85. The summed E-state index contributed by atoms with van der Waals surface area (Å²) in [6, 6.07) is -0.240. The molecule has 0 saturated heterocycles. The van der Waals surface area contributed by atoms with E-state index in [4.69, 9.17) is 0 Å². The average molecular weight is 346 g/mol. The fourth-order valence-electron chi connectivity index (χ4n) is 2.72. The normalized spacial score (nSPS) is 12.5. The predicted octanol–water partition coefficient (Wildman–Crippen LogP) is 1.68. The molecular formula is C15H18N6O2S. The zero-order chi connectivity index (χ0) is 17.4. The lowest BCUT2D eigenvalue weighted by Gasteiger charge is -2.12. The molecule has 1 N–H and O–H groups in total. The number of carbonyl (C=O) groups is 2. The standard InChI is InChI=1S/C15H18N6O2S/c1-8(12-5-21-15(18-12)24-7-16-21)17-13(23)6-20-10(3)14(11(4)22)9(2)19-20/h5,7-8H,6H2,1-4H3,(H,17,23)/t8-/m0/s1. The van der Waals surface area contributed by atoms with Crippen LogP contribution in [0.2, 0.25) is 0 Å². The van der Waals surface area contributed by atoms with Gasteiger partial charge in [-0.05, 0) is 27.7 Å². The number of hydrogen-bond donors (Lipinski definition) is 1. The maximum Gasteiger partial charge on any atom is 0.242 e. The van der Waals surface area contributed by atoms with Crippen LogP contribution in [0.25, 0.3) is 4.96 Å². The molecule has 3 heterocycles. The minimum atomic E-state index is -0.240. The maximum atomic E-state index is 12.3. The third kappa shape index (κ3) is 2.94. The van der Waals surface area contributed by atoms with Gasteiger partial charge in [0.05, 0.1) is 29.2 Å². The molecule has 0 aliphatic carbocycles. The Kier molecular flexibility index (Phi) is 4.18. The number of aromatic nitrogens is 5. The monoisotopic (exact) mass is 346 g/mol. The van der Waals surface area contributed by atoms with Crippen molar-refractivity contribution in [3.63, 3.8) is 0 Å². The van der Waals surface area contributed by atoms with Crippen LogP contribution in [0.15, 0.2) is 11.7 Å². The lowest BCUT2D eigenvalue weighted by molar-refractivity contribution is -0.122. The number of Topliss-reactive ketones (excluding diaryl/α,β-unsaturated/α-hetero) is 1. The molecule has 0 spiro atoms. The second-order valence-corrected chi connectivity index (χ2v) is 6.49. The van der Waals surface area contributed by atoms with E-state index in [0.717, 1.165) is 10.7 Å². The molecule has 0 unspecified atom stereocenters. The molecule has 0 aromatic carbocycles. The summed E-state index contributed by atoms with van der Waals surface area (Å²) in [7, 11) is 0. The minimum absolute atomic E-state index is 0.0457. The van der Waals surface area contributed by atoms with Crippen molar-refractivity contribution in [3.8, 4) is 0 Å². The molecule has 3 aromatic rings. The topological polar surface area (TPSA) is 94.2 Å². The summed E-state index contributed by atoms with van der Waals surface area (Å²) in [4.78, 5) is 29.1. The molecule has 126 valence electrons. The second-order valence-electron chi connectivity index (χ2n) is 5.68. The molecule has 8 nitrogen and oxygen atoms in total. The number of hydrogen-bond acceptors (Lipinski definition) is 6. The van der Waals surface area contributed by atoms with E-state index in [1.54, 1.807) is 34.8 Å². The highest BCUT2D eigenvalue weighted by atomic mass is 32.1. The summed E-state index contributed by atoms with van der Waals surface area (Å²) in [6.45, 7) is 6.99. The van der Waals surface area contributed by atoms with Gasteiger partial charge in [0, 0.05) is 5.69 Å². The molecule has 3 rings (SSSR count). The zero-order valence-electron chi connectivity index (χ0n) is 13.9. The van der Waals surface area contributed by atoms with Crippen LogP contribution in [-0.2, 0) is 11.3 Å². The van der Waals surface area contributed by atoms with Crippen LogP contribution >= 0.6 is 11.3 Å². The molecule has 24 heavy (non-hydrogen) atoms. The first-order valence-electron chi connectivity index (χ1n) is 7.50. The van der Waals surface area contributed by atoms with Crippen molar-refractivity contribution in [2.24, 2.45) is 0 Å². The number of amides is 1. The third-order valence-corrected chi connectivity index (χ3v) is 4.54. The molecular weight excluding hydrogens is 328 g/mol. The molecule has 1 atom stereocenters. The number of nitrogens with one attached hydrogen (secondary N) is 1. The zero-order valence-corrected chi connectivity index (χ0v) is 14.7. The van der Waals surface area contributed by atoms with Gasteiger partial charge < -0.3 is 5.32 Å². The van der Waals surface area contributed by atoms with E-state index in [0.29, 0.717) is 17.0 Å². The lowest BCUT2D eigenvalue weighted by atomic mass is 10.1. The minimum Gasteiger partial charge on any atom is -0.346 e. The number of ketones is 1. The summed E-state index contributed by atoms with van der Waals surface area (Å²) in [5.74, 6) is -0.233. The molecule has 3 aromatic heterocycles. The Bertz CT molecular complexity index is 893. The van der Waals surface area contributed by atoms with Gasteiger partial charge in [0.25, 0.3) is 0 Å². The number of carbonyl (C=O) groups excluding carboxylic acids is 2. The van der Waals surface area contributed by atoms with Crippen LogP contribution in [0.3, 0.4) is 0 Å². The summed E-state index contributed by atoms with van der Waals surface area (Å²) in [5, 5.41) is 11.3. The van der Waals surface area contributed by atoms with Crippen LogP contribution in [0.4, 0.5) is 0 Å². The van der Waals surface area contributed by atoms with E-state index in [1.165, 1.54) is 18.3 Å². The van der Waals surface area contributed by atoms with E-state index in [9.17, 15) is 9.59 Å². The van der Waals surface area contributed by atoms with Crippen molar-refractivity contribution in [3.05, 3.63) is 34.4 Å². The van der Waals surface area contributed by atoms with Crippen LogP contribution in [0.5, 0.6) is 0 Å². The Morgan fingerprint density at radius 2 is 2.12 bits per heavy atom. The maximum absolute atomic E-state index is 12.3. The highest BCUT2D eigenvalue weighted by molar-refractivity contribution is 7.14. The van der Waals surface area contributed by atoms with Crippen molar-refractivity contribution >= 4 is 28.0 Å². The van der Waals surface area contributed by atoms with Gasteiger partial charge in [-0.1, -0.05) is 11.3 Å². The van der Waals surface area contributed by atoms with Crippen molar-refractivity contribution in [2.45, 2.75) is 40.3 Å². The van der Waals surface area contributed by atoms with Crippen LogP contribution in [0, 0.1) is 13.8 Å². The highest BCUT2D eigenvalue weighted by Gasteiger charge is 2.19. The molecule has 0 aliphatic heterocycles. The first-order chi connectivity index (χ1) is 11.4. The SMILES string of the molecule is CC(=O)c1c(C)nn(CC(=O)N[C@@H](C)c2cn3ncsc3n2)c1C. The molecule has 0 aliphatic rings. The number of nitrogens with zero attached hydrogens (tertiary/aromatic N) is 5. The fourth-order valence-corrected chi connectivity index (χ4v) is 3.33. The van der Waals surface area contributed by atoms with Gasteiger partial charge in [-0.3, -0.25) is 14.3 Å². The summed E-state index contributed by atoms with van der Waals surface area (Å²) in [5.41, 5.74) is 4.39. The average Bonchev–Trinajstić information content (AvgIpc) is 3.12. The highest BCUT2D eigenvalue weighted by Crippen LogP contribution is 2.16. The number of aryl methyl sites for hydroxylation is 1. The van der Waals surface area contributed by atoms with E-state index in [-0.39, 0.29) is 24.3 Å². The van der Waals surface area contributed by atoms with Crippen molar-refractivity contribution in [1.82, 2.24) is 29.7 Å². The largest absolute Gasteiger partial charge is 0.346 e. The van der Waals surface area contributed by atoms with E-state index < -0.39 is 0 Å². The van der Waals surface area contributed by atoms with Gasteiger partial charge in [-0.2, -0.15) is 10.2 Å². The van der Waals surface area contributed by atoms with Gasteiger partial charge in [0.15, 0.2) is 5.78 Å². The molecule has 0 radical (unpaired) electrons. The van der Waals surface area contributed by atoms with Crippen molar-refractivity contribution in [2.75, 3.05) is 0 Å². The lowest BCUT2D eigenvalue weighted by Crippen LogP contribution is -2.31. The van der Waals surface area contributed by atoms with Gasteiger partial charge in [0.1, 0.15) is 12.1 Å². The summed E-state index contributed by atoms with van der Waals surface area (Å²) in [6.07, 6.45) is 1.80. The van der Waals surface area contributed by atoms with E-state index >= 15 is 0 Å². The Hall–Kier alpha value is -2.55. The van der Waals surface area contributed by atoms with Gasteiger partial charge in [0.2, 0.25) is 10.9 Å². The van der Waals surface area contributed by atoms with Crippen molar-refractivity contribution < 1.29 is 9.59 Å². The Labute approximate surface area is 142 Å². The van der Waals surface area contributed by atoms with E-state index in [2.05, 4.69) is 20.5 Å². The first-order valence-corrected chi connectivity index (χ1v) is 8.38. The number of imidazole rings is 1. The smallest absolute Gasteiger partial charge is 0.242 e. The number of fused-ring (bicyclic) bond motifs is 1. The molecule has 0 saturated carbocycles. The number of rotatable bonds is 5. The quantitative estimate of drug-likeness (QED) is 0.709. The van der Waals surface area contributed by atoms with Crippen LogP contribution < -0.4 is 5.32 Å². The van der Waals surface area contributed by atoms with Gasteiger partial charge in [-0.15, -0.1) is 0 Å². The molecule has 9 heteroatoms. The van der Waals surface area contributed by atoms with Gasteiger partial charge >= 0.3 is 0 Å². The van der Waals surface area contributed by atoms with Gasteiger partial charge in [-0.25, -0.2) is 9.50 Å². The molecule has 0 fully saturated rings. The predicted molar refractivity (Wildman–Crippen MR) is 89.1 cm³/mol. The summed E-state index contributed by atoms with van der Waals surface area (Å²) >= 11 is 1.44. The van der Waals surface area contributed by atoms with Crippen LogP contribution in [0.1, 0.15) is 47.3 Å². The molecule has 1 amide bonds. The van der Waals surface area contributed by atoms with Crippen LogP contribution in [-0.4, -0.2) is 36.1 Å². The first kappa shape index (κ1) is 16.3. The second kappa shape index (κ2) is 6.16. The summed E-state index contributed by atoms with van der Waals surface area (Å²) < 4.78 is 3.24. The van der Waals surface area contributed by atoms with E-state index in [1.807, 2.05) is 6.92 Å². The molecule has 0 bridgehead atoms. The van der Waals surface area contributed by atoms with Crippen molar-refractivity contribution in [1.29, 1.82) is 0 Å². The Morgan fingerprint density at radius 1 is 1.38 bits per heavy atom. The fraction of sp³-hybridized carbons (Fsp3) is 0.400. The Morgan fingerprint density at radius 3 is 2.75 bits per heavy atom.